The van der Waals surface area contributed by atoms with Crippen LogP contribution >= 0.6 is 11.6 Å². The molecule has 3 N–H and O–H groups in total. The normalized spacial score (nSPS) is 11.9. The van der Waals surface area contributed by atoms with Crippen LogP contribution in [0.1, 0.15) is 13.8 Å². The summed E-state index contributed by atoms with van der Waals surface area (Å²) in [6, 6.07) is 5.50. The van der Waals surface area contributed by atoms with Crippen LogP contribution in [0.3, 0.4) is 0 Å². The monoisotopic (exact) mass is 414 g/mol. The standard InChI is InChI=1S/C19H19ClN6O3/c1-19(2,9-27)24-18(28)29-14-8-22-17-16(14)23-12(7-21-17)15-11-5-4-10(20)6-13(11)26(3)25-15/h4-8,27H,9H2,1-3H3,(H,21,22)(H,24,28). The Morgan fingerprint density at radius 2 is 2.21 bits per heavy atom. The summed E-state index contributed by atoms with van der Waals surface area (Å²) in [6.07, 6.45) is 2.42. The Labute approximate surface area is 170 Å². The van der Waals surface area contributed by atoms with Gasteiger partial charge in [-0.25, -0.2) is 14.8 Å². The van der Waals surface area contributed by atoms with Crippen LogP contribution in [-0.4, -0.2) is 48.1 Å². The van der Waals surface area contributed by atoms with E-state index in [9.17, 15) is 9.90 Å². The SMILES string of the molecule is Cn1nc(-c2cnc3[nH]cc(OC(=O)NC(C)(C)CO)c3n2)c2ccc(Cl)cc21. The van der Waals surface area contributed by atoms with Crippen LogP contribution in [0.2, 0.25) is 5.02 Å². The molecule has 29 heavy (non-hydrogen) atoms. The van der Waals surface area contributed by atoms with Crippen molar-refractivity contribution in [1.82, 2.24) is 30.0 Å². The number of aryl methyl sites for hydroxylation is 1. The molecule has 9 nitrogen and oxygen atoms in total. The highest BCUT2D eigenvalue weighted by Gasteiger charge is 2.22. The van der Waals surface area contributed by atoms with Gasteiger partial charge in [-0.3, -0.25) is 4.68 Å². The lowest BCUT2D eigenvalue weighted by atomic mass is 10.1. The summed E-state index contributed by atoms with van der Waals surface area (Å²) < 4.78 is 7.09. The number of aliphatic hydroxyl groups excluding tert-OH is 1. The van der Waals surface area contributed by atoms with Gasteiger partial charge in [0.25, 0.3) is 0 Å². The van der Waals surface area contributed by atoms with E-state index < -0.39 is 11.6 Å². The fraction of sp³-hybridized carbons (Fsp3) is 0.263. The average molecular weight is 415 g/mol. The fourth-order valence-electron chi connectivity index (χ4n) is 2.92. The molecule has 0 aliphatic heterocycles. The predicted octanol–water partition coefficient (Wildman–Crippen LogP) is 3.02. The van der Waals surface area contributed by atoms with Crippen molar-refractivity contribution in [2.45, 2.75) is 19.4 Å². The molecule has 0 saturated carbocycles. The Bertz CT molecular complexity index is 1230. The van der Waals surface area contributed by atoms with E-state index in [1.165, 1.54) is 6.20 Å². The van der Waals surface area contributed by atoms with Crippen molar-refractivity contribution in [2.24, 2.45) is 7.05 Å². The van der Waals surface area contributed by atoms with Crippen LogP contribution < -0.4 is 10.1 Å². The van der Waals surface area contributed by atoms with Gasteiger partial charge in [0.1, 0.15) is 11.4 Å². The van der Waals surface area contributed by atoms with Gasteiger partial charge in [-0.05, 0) is 32.0 Å². The third-order valence-corrected chi connectivity index (χ3v) is 4.68. The molecule has 0 radical (unpaired) electrons. The molecule has 150 valence electrons. The molecule has 4 rings (SSSR count). The fourth-order valence-corrected chi connectivity index (χ4v) is 3.09. The molecule has 0 aliphatic carbocycles. The van der Waals surface area contributed by atoms with Gasteiger partial charge in [0, 0.05) is 23.7 Å². The summed E-state index contributed by atoms with van der Waals surface area (Å²) in [7, 11) is 1.83. The third kappa shape index (κ3) is 3.62. The number of rotatable bonds is 4. The summed E-state index contributed by atoms with van der Waals surface area (Å²) in [4.78, 5) is 24.1. The van der Waals surface area contributed by atoms with Crippen molar-refractivity contribution < 1.29 is 14.6 Å². The Kier molecular flexibility index (Phi) is 4.64. The molecular weight excluding hydrogens is 396 g/mol. The lowest BCUT2D eigenvalue weighted by molar-refractivity contribution is 0.159. The maximum Gasteiger partial charge on any atom is 0.413 e. The summed E-state index contributed by atoms with van der Waals surface area (Å²) in [5.41, 5.74) is 2.10. The van der Waals surface area contributed by atoms with E-state index in [1.807, 2.05) is 19.2 Å². The first-order valence-electron chi connectivity index (χ1n) is 8.85. The maximum absolute atomic E-state index is 12.2. The number of nitrogens with one attached hydrogen (secondary N) is 2. The van der Waals surface area contributed by atoms with Crippen molar-refractivity contribution in [3.63, 3.8) is 0 Å². The first-order valence-corrected chi connectivity index (χ1v) is 9.23. The summed E-state index contributed by atoms with van der Waals surface area (Å²) in [6.45, 7) is 3.14. The van der Waals surface area contributed by atoms with E-state index in [-0.39, 0.29) is 12.4 Å². The number of hydrogen-bond acceptors (Lipinski definition) is 6. The molecule has 1 aromatic carbocycles. The number of aliphatic hydroxyl groups is 1. The van der Waals surface area contributed by atoms with Crippen LogP contribution in [0, 0.1) is 0 Å². The lowest BCUT2D eigenvalue weighted by Gasteiger charge is -2.22. The molecule has 4 aromatic rings. The number of ether oxygens (including phenoxy) is 1. The molecule has 0 fully saturated rings. The molecular formula is C19H19ClN6O3. The topological polar surface area (TPSA) is 118 Å². The van der Waals surface area contributed by atoms with Crippen LogP contribution in [0.25, 0.3) is 33.5 Å². The molecule has 0 spiro atoms. The Morgan fingerprint density at radius 1 is 1.41 bits per heavy atom. The van der Waals surface area contributed by atoms with Crippen molar-refractivity contribution in [3.05, 3.63) is 35.6 Å². The van der Waals surface area contributed by atoms with Crippen LogP contribution in [0.15, 0.2) is 30.6 Å². The number of carbonyl (C=O) groups excluding carboxylic acids is 1. The molecule has 0 saturated heterocycles. The second-order valence-electron chi connectivity index (χ2n) is 7.30. The Balaban J connectivity index is 1.72. The smallest absolute Gasteiger partial charge is 0.406 e. The second-order valence-corrected chi connectivity index (χ2v) is 7.73. The number of fused-ring (bicyclic) bond motifs is 2. The number of aromatic nitrogens is 5. The van der Waals surface area contributed by atoms with E-state index in [0.29, 0.717) is 27.6 Å². The minimum absolute atomic E-state index is 0.225. The van der Waals surface area contributed by atoms with Gasteiger partial charge < -0.3 is 20.1 Å². The molecule has 10 heteroatoms. The minimum Gasteiger partial charge on any atom is -0.406 e. The van der Waals surface area contributed by atoms with Crippen molar-refractivity contribution in [2.75, 3.05) is 6.61 Å². The molecule has 0 unspecified atom stereocenters. The van der Waals surface area contributed by atoms with E-state index >= 15 is 0 Å². The van der Waals surface area contributed by atoms with Gasteiger partial charge in [0.2, 0.25) is 0 Å². The first-order chi connectivity index (χ1) is 13.8. The second kappa shape index (κ2) is 7.02. The molecule has 3 heterocycles. The van der Waals surface area contributed by atoms with Gasteiger partial charge in [0.15, 0.2) is 16.9 Å². The highest BCUT2D eigenvalue weighted by atomic mass is 35.5. The molecule has 0 bridgehead atoms. The molecule has 0 atom stereocenters. The van der Waals surface area contributed by atoms with Crippen LogP contribution in [0.5, 0.6) is 5.75 Å². The quantitative estimate of drug-likeness (QED) is 0.472. The van der Waals surface area contributed by atoms with Crippen molar-refractivity contribution in [1.29, 1.82) is 0 Å². The zero-order valence-electron chi connectivity index (χ0n) is 16.0. The summed E-state index contributed by atoms with van der Waals surface area (Å²) in [5.74, 6) is 0.226. The number of benzene rings is 1. The van der Waals surface area contributed by atoms with Gasteiger partial charge in [-0.15, -0.1) is 0 Å². The van der Waals surface area contributed by atoms with E-state index in [4.69, 9.17) is 16.3 Å². The summed E-state index contributed by atoms with van der Waals surface area (Å²) in [5, 5.41) is 17.9. The number of amides is 1. The van der Waals surface area contributed by atoms with Crippen LogP contribution in [0.4, 0.5) is 4.79 Å². The molecule has 0 aliphatic rings. The van der Waals surface area contributed by atoms with Crippen molar-refractivity contribution in [3.8, 4) is 17.1 Å². The minimum atomic E-state index is -0.811. The number of nitrogens with zero attached hydrogens (tertiary/aromatic N) is 4. The van der Waals surface area contributed by atoms with Gasteiger partial charge >= 0.3 is 6.09 Å². The number of H-pyrrole nitrogens is 1. The largest absolute Gasteiger partial charge is 0.413 e. The number of halogens is 1. The third-order valence-electron chi connectivity index (χ3n) is 4.44. The maximum atomic E-state index is 12.2. The van der Waals surface area contributed by atoms with Crippen LogP contribution in [-0.2, 0) is 7.05 Å². The first kappa shape index (κ1) is 19.2. The summed E-state index contributed by atoms with van der Waals surface area (Å²) >= 11 is 6.09. The van der Waals surface area contributed by atoms with Crippen molar-refractivity contribution >= 4 is 39.8 Å². The lowest BCUT2D eigenvalue weighted by Crippen LogP contribution is -2.47. The zero-order valence-corrected chi connectivity index (χ0v) is 16.8. The van der Waals surface area contributed by atoms with E-state index in [0.717, 1.165) is 10.9 Å². The molecule has 1 amide bonds. The predicted molar refractivity (Wildman–Crippen MR) is 109 cm³/mol. The van der Waals surface area contributed by atoms with E-state index in [1.54, 1.807) is 30.8 Å². The number of carbonyl (C=O) groups is 1. The number of hydrogen-bond donors (Lipinski definition) is 3. The van der Waals surface area contributed by atoms with Gasteiger partial charge in [-0.1, -0.05) is 11.6 Å². The van der Waals surface area contributed by atoms with Gasteiger partial charge in [-0.2, -0.15) is 5.10 Å². The highest BCUT2D eigenvalue weighted by molar-refractivity contribution is 6.31. The van der Waals surface area contributed by atoms with E-state index in [2.05, 4.69) is 25.4 Å². The average Bonchev–Trinajstić information content (AvgIpc) is 3.22. The Hall–Kier alpha value is -3.17. The Morgan fingerprint density at radius 3 is 2.97 bits per heavy atom. The zero-order chi connectivity index (χ0) is 20.8. The van der Waals surface area contributed by atoms with Gasteiger partial charge in [0.05, 0.1) is 23.9 Å². The molecule has 3 aromatic heterocycles. The highest BCUT2D eigenvalue weighted by Crippen LogP contribution is 2.30. The number of aromatic amines is 1.